The minimum absolute atomic E-state index is 0.129. The number of amides is 2. The smallest absolute Gasteiger partial charge is 0.317 e. The van der Waals surface area contributed by atoms with Crippen LogP contribution in [0.5, 0.6) is 0 Å². The topological polar surface area (TPSA) is 50.2 Å². The maximum Gasteiger partial charge on any atom is 0.317 e. The molecule has 1 aliphatic carbocycles. The normalized spacial score (nSPS) is 23.5. The van der Waals surface area contributed by atoms with Crippen LogP contribution in [0.3, 0.4) is 0 Å². The molecule has 1 aromatic heterocycles. The van der Waals surface area contributed by atoms with Crippen LogP contribution in [0.25, 0.3) is 0 Å². The fourth-order valence-corrected chi connectivity index (χ4v) is 4.77. The van der Waals surface area contributed by atoms with E-state index in [0.717, 1.165) is 45.2 Å². The zero-order valence-electron chi connectivity index (χ0n) is 16.2. The SMILES string of the molecule is Cn1nccc1C1CCN(C(=O)NC2CCC(Cc3ccccc3)C2)CC1. The van der Waals surface area contributed by atoms with Crippen molar-refractivity contribution in [1.29, 1.82) is 0 Å². The Bertz CT molecular complexity index is 749. The molecule has 1 saturated carbocycles. The third-order valence-corrected chi connectivity index (χ3v) is 6.30. The van der Waals surface area contributed by atoms with Crippen molar-refractivity contribution in [2.75, 3.05) is 13.1 Å². The van der Waals surface area contributed by atoms with Crippen molar-refractivity contribution >= 4 is 6.03 Å². The molecule has 2 heterocycles. The van der Waals surface area contributed by atoms with E-state index in [1.165, 1.54) is 17.7 Å². The van der Waals surface area contributed by atoms with Crippen LogP contribution in [0.4, 0.5) is 4.79 Å². The van der Waals surface area contributed by atoms with E-state index in [-0.39, 0.29) is 6.03 Å². The first kappa shape index (κ1) is 18.1. The molecule has 1 N–H and O–H groups in total. The highest BCUT2D eigenvalue weighted by Gasteiger charge is 2.29. The number of carbonyl (C=O) groups is 1. The molecule has 2 amide bonds. The highest BCUT2D eigenvalue weighted by molar-refractivity contribution is 5.74. The number of aryl methyl sites for hydroxylation is 1. The lowest BCUT2D eigenvalue weighted by atomic mass is 9.93. The van der Waals surface area contributed by atoms with Crippen molar-refractivity contribution < 1.29 is 4.79 Å². The number of nitrogens with one attached hydrogen (secondary N) is 1. The molecular formula is C22H30N4O. The number of hydrogen-bond acceptors (Lipinski definition) is 2. The monoisotopic (exact) mass is 366 g/mol. The molecule has 2 unspecified atom stereocenters. The van der Waals surface area contributed by atoms with E-state index in [1.54, 1.807) is 0 Å². The zero-order valence-corrected chi connectivity index (χ0v) is 16.2. The molecule has 0 bridgehead atoms. The van der Waals surface area contributed by atoms with E-state index in [0.29, 0.717) is 17.9 Å². The molecule has 1 aliphatic heterocycles. The summed E-state index contributed by atoms with van der Waals surface area (Å²) in [5.74, 6) is 1.21. The maximum atomic E-state index is 12.7. The second kappa shape index (κ2) is 8.15. The second-order valence-corrected chi connectivity index (χ2v) is 8.16. The third kappa shape index (κ3) is 4.34. The number of piperidine rings is 1. The molecule has 1 aromatic carbocycles. The quantitative estimate of drug-likeness (QED) is 0.896. The number of nitrogens with zero attached hydrogens (tertiary/aromatic N) is 3. The van der Waals surface area contributed by atoms with Gasteiger partial charge < -0.3 is 10.2 Å². The Kier molecular flexibility index (Phi) is 5.46. The van der Waals surface area contributed by atoms with Crippen LogP contribution in [0.15, 0.2) is 42.6 Å². The van der Waals surface area contributed by atoms with Gasteiger partial charge in [0, 0.05) is 44.0 Å². The summed E-state index contributed by atoms with van der Waals surface area (Å²) >= 11 is 0. The molecule has 144 valence electrons. The van der Waals surface area contributed by atoms with Crippen molar-refractivity contribution in [1.82, 2.24) is 20.0 Å². The molecule has 5 nitrogen and oxygen atoms in total. The molecule has 5 heteroatoms. The van der Waals surface area contributed by atoms with Gasteiger partial charge in [-0.15, -0.1) is 0 Å². The number of aromatic nitrogens is 2. The van der Waals surface area contributed by atoms with Crippen LogP contribution >= 0.6 is 0 Å². The molecule has 1 saturated heterocycles. The fourth-order valence-electron chi connectivity index (χ4n) is 4.77. The van der Waals surface area contributed by atoms with Gasteiger partial charge in [0.25, 0.3) is 0 Å². The number of urea groups is 1. The Balaban J connectivity index is 1.23. The summed E-state index contributed by atoms with van der Waals surface area (Å²) in [6.45, 7) is 1.67. The van der Waals surface area contributed by atoms with Gasteiger partial charge in [-0.2, -0.15) is 5.10 Å². The lowest BCUT2D eigenvalue weighted by molar-refractivity contribution is 0.176. The Morgan fingerprint density at radius 2 is 1.89 bits per heavy atom. The molecule has 0 radical (unpaired) electrons. The van der Waals surface area contributed by atoms with E-state index in [2.05, 4.69) is 46.8 Å². The van der Waals surface area contributed by atoms with Gasteiger partial charge in [0.15, 0.2) is 0 Å². The Morgan fingerprint density at radius 1 is 1.11 bits per heavy atom. The lowest BCUT2D eigenvalue weighted by Gasteiger charge is -2.33. The third-order valence-electron chi connectivity index (χ3n) is 6.30. The molecule has 0 spiro atoms. The Hall–Kier alpha value is -2.30. The summed E-state index contributed by atoms with van der Waals surface area (Å²) in [5.41, 5.74) is 2.70. The number of carbonyl (C=O) groups excluding carboxylic acids is 1. The largest absolute Gasteiger partial charge is 0.335 e. The van der Waals surface area contributed by atoms with E-state index in [4.69, 9.17) is 0 Å². The van der Waals surface area contributed by atoms with Crippen molar-refractivity contribution in [3.05, 3.63) is 53.9 Å². The summed E-state index contributed by atoms with van der Waals surface area (Å²) in [5, 5.41) is 7.57. The van der Waals surface area contributed by atoms with Crippen LogP contribution in [0.2, 0.25) is 0 Å². The van der Waals surface area contributed by atoms with Crippen LogP contribution < -0.4 is 5.32 Å². The van der Waals surface area contributed by atoms with Crippen molar-refractivity contribution in [2.24, 2.45) is 13.0 Å². The summed E-state index contributed by atoms with van der Waals surface area (Å²) in [6, 6.07) is 13.3. The molecule has 27 heavy (non-hydrogen) atoms. The second-order valence-electron chi connectivity index (χ2n) is 8.16. The van der Waals surface area contributed by atoms with Gasteiger partial charge >= 0.3 is 6.03 Å². The number of likely N-dealkylation sites (tertiary alicyclic amines) is 1. The minimum atomic E-state index is 0.129. The average Bonchev–Trinajstić information content (AvgIpc) is 3.31. The standard InChI is InChI=1S/C22H30N4O/c1-25-21(9-12-23-25)19-10-13-26(14-11-19)22(27)24-20-8-7-18(16-20)15-17-5-3-2-4-6-17/h2-6,9,12,18-20H,7-8,10-11,13-16H2,1H3,(H,24,27). The van der Waals surface area contributed by atoms with Gasteiger partial charge in [0.05, 0.1) is 0 Å². The Morgan fingerprint density at radius 3 is 2.59 bits per heavy atom. The number of hydrogen-bond donors (Lipinski definition) is 1. The summed E-state index contributed by atoms with van der Waals surface area (Å²) in [4.78, 5) is 14.7. The fraction of sp³-hybridized carbons (Fsp3) is 0.545. The van der Waals surface area contributed by atoms with E-state index >= 15 is 0 Å². The van der Waals surface area contributed by atoms with Gasteiger partial charge in [0.2, 0.25) is 0 Å². The predicted octanol–water partition coefficient (Wildman–Crippen LogP) is 3.72. The first-order chi connectivity index (χ1) is 13.2. The summed E-state index contributed by atoms with van der Waals surface area (Å²) in [7, 11) is 2.00. The molecule has 2 fully saturated rings. The number of rotatable bonds is 4. The molecule has 2 aromatic rings. The molecule has 2 aliphatic rings. The molecular weight excluding hydrogens is 336 g/mol. The predicted molar refractivity (Wildman–Crippen MR) is 107 cm³/mol. The van der Waals surface area contributed by atoms with E-state index in [9.17, 15) is 4.79 Å². The number of benzene rings is 1. The zero-order chi connectivity index (χ0) is 18.6. The average molecular weight is 367 g/mol. The lowest BCUT2D eigenvalue weighted by Crippen LogP contribution is -2.47. The van der Waals surface area contributed by atoms with Gasteiger partial charge in [-0.1, -0.05) is 30.3 Å². The van der Waals surface area contributed by atoms with E-state index < -0.39 is 0 Å². The van der Waals surface area contributed by atoms with Gasteiger partial charge in [0.1, 0.15) is 0 Å². The van der Waals surface area contributed by atoms with E-state index in [1.807, 2.05) is 22.8 Å². The molecule has 4 rings (SSSR count). The Labute approximate surface area is 161 Å². The first-order valence-electron chi connectivity index (χ1n) is 10.3. The van der Waals surface area contributed by atoms with Gasteiger partial charge in [-0.25, -0.2) is 4.79 Å². The van der Waals surface area contributed by atoms with Crippen molar-refractivity contribution in [3.63, 3.8) is 0 Å². The van der Waals surface area contributed by atoms with Crippen LogP contribution in [0, 0.1) is 5.92 Å². The van der Waals surface area contributed by atoms with Gasteiger partial charge in [-0.3, -0.25) is 4.68 Å². The van der Waals surface area contributed by atoms with Crippen molar-refractivity contribution in [2.45, 2.75) is 50.5 Å². The molecule has 2 atom stereocenters. The summed E-state index contributed by atoms with van der Waals surface area (Å²) < 4.78 is 1.96. The van der Waals surface area contributed by atoms with Crippen molar-refractivity contribution in [3.8, 4) is 0 Å². The maximum absolute atomic E-state index is 12.7. The first-order valence-corrected chi connectivity index (χ1v) is 10.3. The highest BCUT2D eigenvalue weighted by atomic mass is 16.2. The van der Waals surface area contributed by atoms with Gasteiger partial charge in [-0.05, 0) is 56.1 Å². The highest BCUT2D eigenvalue weighted by Crippen LogP contribution is 2.30. The summed E-state index contributed by atoms with van der Waals surface area (Å²) in [6.07, 6.45) is 8.45. The van der Waals surface area contributed by atoms with Crippen LogP contribution in [-0.4, -0.2) is 39.8 Å². The minimum Gasteiger partial charge on any atom is -0.335 e. The van der Waals surface area contributed by atoms with Crippen LogP contribution in [-0.2, 0) is 13.5 Å². The van der Waals surface area contributed by atoms with Crippen LogP contribution in [0.1, 0.15) is 49.3 Å².